The van der Waals surface area contributed by atoms with Crippen molar-refractivity contribution in [2.75, 3.05) is 13.7 Å². The molecule has 0 radical (unpaired) electrons. The molecule has 0 fully saturated rings. The van der Waals surface area contributed by atoms with Crippen molar-refractivity contribution in [3.05, 3.63) is 53.9 Å². The molecule has 1 aliphatic rings. The molecule has 122 valence electrons. The Morgan fingerprint density at radius 1 is 1.26 bits per heavy atom. The zero-order valence-electron chi connectivity index (χ0n) is 13.9. The molecule has 23 heavy (non-hydrogen) atoms. The van der Waals surface area contributed by atoms with Crippen LogP contribution in [-0.4, -0.2) is 29.0 Å². The molecule has 3 rings (SSSR count). The molecule has 2 aromatic rings. The summed E-state index contributed by atoms with van der Waals surface area (Å²) in [6, 6.07) is 12.2. The van der Waals surface area contributed by atoms with E-state index in [1.807, 2.05) is 23.1 Å². The molecule has 1 aromatic heterocycles. The highest BCUT2D eigenvalue weighted by Crippen LogP contribution is 2.34. The number of methoxy groups -OCH3 is 1. The fraction of sp³-hybridized carbons (Fsp3) is 0.421. The van der Waals surface area contributed by atoms with Crippen LogP contribution in [0.4, 0.5) is 0 Å². The minimum Gasteiger partial charge on any atom is -0.497 e. The Morgan fingerprint density at radius 3 is 2.91 bits per heavy atom. The van der Waals surface area contributed by atoms with E-state index in [0.29, 0.717) is 6.42 Å². The molecule has 2 heterocycles. The lowest BCUT2D eigenvalue weighted by Crippen LogP contribution is -2.42. The van der Waals surface area contributed by atoms with Gasteiger partial charge >= 0.3 is 0 Å². The summed E-state index contributed by atoms with van der Waals surface area (Å²) < 4.78 is 7.61. The number of unbranched alkanes of at least 4 members (excludes halogenated alkanes) is 1. The van der Waals surface area contributed by atoms with Crippen molar-refractivity contribution in [2.45, 2.75) is 38.8 Å². The number of nitrogens with zero attached hydrogens (tertiary/aromatic N) is 2. The molecule has 0 saturated heterocycles. The van der Waals surface area contributed by atoms with Gasteiger partial charge in [0.25, 0.3) is 0 Å². The summed E-state index contributed by atoms with van der Waals surface area (Å²) in [6.07, 6.45) is 4.70. The summed E-state index contributed by atoms with van der Waals surface area (Å²) >= 11 is 0. The quantitative estimate of drug-likeness (QED) is 0.845. The first-order valence-electron chi connectivity index (χ1n) is 8.33. The van der Waals surface area contributed by atoms with Crippen LogP contribution in [0.1, 0.15) is 43.5 Å². The minimum atomic E-state index is -0.0294. The lowest BCUT2D eigenvalue weighted by Gasteiger charge is -2.37. The molecular formula is C19H24N2O2. The first-order valence-corrected chi connectivity index (χ1v) is 8.33. The Morgan fingerprint density at radius 2 is 2.13 bits per heavy atom. The second-order valence-electron chi connectivity index (χ2n) is 6.00. The van der Waals surface area contributed by atoms with Crippen LogP contribution in [0.5, 0.6) is 5.75 Å². The third-order valence-corrected chi connectivity index (χ3v) is 4.51. The van der Waals surface area contributed by atoms with Crippen LogP contribution in [0.3, 0.4) is 0 Å². The predicted octanol–water partition coefficient (Wildman–Crippen LogP) is 3.62. The highest BCUT2D eigenvalue weighted by molar-refractivity contribution is 5.77. The van der Waals surface area contributed by atoms with Crippen molar-refractivity contribution in [2.24, 2.45) is 0 Å². The number of carbonyl (C=O) groups is 1. The van der Waals surface area contributed by atoms with Gasteiger partial charge < -0.3 is 14.2 Å². The Labute approximate surface area is 137 Å². The summed E-state index contributed by atoms with van der Waals surface area (Å²) in [7, 11) is 1.67. The van der Waals surface area contributed by atoms with Gasteiger partial charge in [-0.05, 0) is 36.2 Å². The molecule has 0 spiro atoms. The number of benzene rings is 1. The molecule has 4 heteroatoms. The molecule has 1 amide bonds. The van der Waals surface area contributed by atoms with Gasteiger partial charge in [0.1, 0.15) is 5.75 Å². The monoisotopic (exact) mass is 312 g/mol. The van der Waals surface area contributed by atoms with Gasteiger partial charge in [0.15, 0.2) is 0 Å². The first-order chi connectivity index (χ1) is 11.2. The maximum atomic E-state index is 12.7. The Hall–Kier alpha value is -2.23. The topological polar surface area (TPSA) is 34.5 Å². The second kappa shape index (κ2) is 6.90. The fourth-order valence-electron chi connectivity index (χ4n) is 3.29. The highest BCUT2D eigenvalue weighted by atomic mass is 16.5. The molecule has 0 bridgehead atoms. The van der Waals surface area contributed by atoms with Gasteiger partial charge in [0.2, 0.25) is 5.91 Å². The summed E-state index contributed by atoms with van der Waals surface area (Å²) in [5.74, 6) is 1.07. The average Bonchev–Trinajstić information content (AvgIpc) is 3.07. The number of aromatic nitrogens is 1. The van der Waals surface area contributed by atoms with Gasteiger partial charge in [-0.25, -0.2) is 0 Å². The Balaban J connectivity index is 1.98. The van der Waals surface area contributed by atoms with Crippen LogP contribution in [0.2, 0.25) is 0 Å². The maximum Gasteiger partial charge on any atom is 0.223 e. The normalized spacial score (nSPS) is 17.0. The molecule has 1 aliphatic heterocycles. The molecule has 0 saturated carbocycles. The number of fused-ring (bicyclic) bond motifs is 1. The molecule has 0 aliphatic carbocycles. The van der Waals surface area contributed by atoms with Gasteiger partial charge in [0, 0.05) is 31.4 Å². The number of ether oxygens (including phenoxy) is 1. The summed E-state index contributed by atoms with van der Waals surface area (Å²) in [5, 5.41) is 0. The first kappa shape index (κ1) is 15.7. The molecule has 4 nitrogen and oxygen atoms in total. The van der Waals surface area contributed by atoms with Gasteiger partial charge in [-0.3, -0.25) is 4.79 Å². The fourth-order valence-corrected chi connectivity index (χ4v) is 3.29. The van der Waals surface area contributed by atoms with Crippen molar-refractivity contribution in [3.63, 3.8) is 0 Å². The van der Waals surface area contributed by atoms with Gasteiger partial charge in [-0.1, -0.05) is 25.5 Å². The van der Waals surface area contributed by atoms with E-state index in [9.17, 15) is 4.79 Å². The van der Waals surface area contributed by atoms with E-state index < -0.39 is 0 Å². The number of rotatable bonds is 5. The third-order valence-electron chi connectivity index (χ3n) is 4.51. The zero-order valence-corrected chi connectivity index (χ0v) is 13.9. The van der Waals surface area contributed by atoms with E-state index in [4.69, 9.17) is 4.74 Å². The zero-order chi connectivity index (χ0) is 16.2. The van der Waals surface area contributed by atoms with Crippen molar-refractivity contribution in [1.29, 1.82) is 0 Å². The van der Waals surface area contributed by atoms with E-state index in [0.717, 1.165) is 37.2 Å². The van der Waals surface area contributed by atoms with Crippen LogP contribution >= 0.6 is 0 Å². The maximum absolute atomic E-state index is 12.7. The smallest absolute Gasteiger partial charge is 0.223 e. The van der Waals surface area contributed by atoms with Crippen LogP contribution in [-0.2, 0) is 11.3 Å². The average molecular weight is 312 g/mol. The minimum absolute atomic E-state index is 0.0294. The second-order valence-corrected chi connectivity index (χ2v) is 6.00. The van der Waals surface area contributed by atoms with Gasteiger partial charge in [-0.15, -0.1) is 0 Å². The molecular weight excluding hydrogens is 288 g/mol. The van der Waals surface area contributed by atoms with E-state index in [-0.39, 0.29) is 11.9 Å². The summed E-state index contributed by atoms with van der Waals surface area (Å²) in [6.45, 7) is 3.74. The summed E-state index contributed by atoms with van der Waals surface area (Å²) in [4.78, 5) is 14.7. The highest BCUT2D eigenvalue weighted by Gasteiger charge is 2.31. The number of carbonyl (C=O) groups excluding carboxylic acids is 1. The van der Waals surface area contributed by atoms with E-state index in [1.165, 1.54) is 5.69 Å². The Bertz CT molecular complexity index is 678. The lowest BCUT2D eigenvalue weighted by atomic mass is 9.99. The lowest BCUT2D eigenvalue weighted by molar-refractivity contribution is -0.134. The number of hydrogen-bond acceptors (Lipinski definition) is 2. The van der Waals surface area contributed by atoms with Crippen LogP contribution < -0.4 is 4.74 Å². The van der Waals surface area contributed by atoms with E-state index in [2.05, 4.69) is 35.9 Å². The van der Waals surface area contributed by atoms with Crippen molar-refractivity contribution < 1.29 is 9.53 Å². The molecule has 1 unspecified atom stereocenters. The van der Waals surface area contributed by atoms with Crippen LogP contribution in [0, 0.1) is 0 Å². The predicted molar refractivity (Wildman–Crippen MR) is 90.5 cm³/mol. The number of amides is 1. The van der Waals surface area contributed by atoms with Crippen molar-refractivity contribution in [3.8, 4) is 5.75 Å². The van der Waals surface area contributed by atoms with Crippen molar-refractivity contribution >= 4 is 5.91 Å². The van der Waals surface area contributed by atoms with E-state index in [1.54, 1.807) is 7.11 Å². The molecule has 0 N–H and O–H groups in total. The van der Waals surface area contributed by atoms with Crippen LogP contribution in [0.15, 0.2) is 42.6 Å². The SMILES string of the molecule is CCCCC(=O)N1CCn2cccc2C1c1cccc(OC)c1. The van der Waals surface area contributed by atoms with Gasteiger partial charge in [-0.2, -0.15) is 0 Å². The largest absolute Gasteiger partial charge is 0.497 e. The van der Waals surface area contributed by atoms with E-state index >= 15 is 0 Å². The number of hydrogen-bond donors (Lipinski definition) is 0. The standard InChI is InChI=1S/C19H24N2O2/c1-3-4-10-18(22)21-13-12-20-11-6-9-17(20)19(21)15-7-5-8-16(14-15)23-2/h5-9,11,14,19H,3-4,10,12-13H2,1-2H3. The van der Waals surface area contributed by atoms with Crippen molar-refractivity contribution in [1.82, 2.24) is 9.47 Å². The molecule has 1 atom stereocenters. The third kappa shape index (κ3) is 3.11. The molecule has 1 aromatic carbocycles. The van der Waals surface area contributed by atoms with Crippen LogP contribution in [0.25, 0.3) is 0 Å². The Kier molecular flexibility index (Phi) is 4.70. The van der Waals surface area contributed by atoms with Gasteiger partial charge in [0.05, 0.1) is 13.2 Å². The summed E-state index contributed by atoms with van der Waals surface area (Å²) in [5.41, 5.74) is 2.28.